The molecule has 11 nitrogen and oxygen atoms in total. The van der Waals surface area contributed by atoms with Crippen LogP contribution in [0.5, 0.6) is 11.6 Å². The molecule has 9 rings (SSSR count). The van der Waals surface area contributed by atoms with Crippen molar-refractivity contribution in [3.8, 4) is 28.8 Å². The summed E-state index contributed by atoms with van der Waals surface area (Å²) >= 11 is 0. The van der Waals surface area contributed by atoms with E-state index < -0.39 is 0 Å². The molecule has 5 aliphatic heterocycles. The Kier molecular flexibility index (Phi) is 5.50. The maximum atomic E-state index is 9.74. The number of hydrogen-bond acceptors (Lipinski definition) is 10. The molecule has 202 valence electrons. The van der Waals surface area contributed by atoms with Crippen molar-refractivity contribution >= 4 is 17.0 Å². The van der Waals surface area contributed by atoms with Crippen LogP contribution in [-0.4, -0.2) is 82.8 Å². The summed E-state index contributed by atoms with van der Waals surface area (Å²) in [6, 6.07) is 11.7. The van der Waals surface area contributed by atoms with Crippen LogP contribution in [0.1, 0.15) is 17.5 Å². The van der Waals surface area contributed by atoms with Crippen LogP contribution in [-0.2, 0) is 11.3 Å². The number of nitrogens with zero attached hydrogens (tertiary/aromatic N) is 8. The number of piperidine rings is 1. The van der Waals surface area contributed by atoms with Crippen LogP contribution in [0.4, 0.5) is 11.5 Å². The molecule has 40 heavy (non-hydrogen) atoms. The lowest BCUT2D eigenvalue weighted by molar-refractivity contribution is -0.00878. The Morgan fingerprint density at radius 3 is 2.65 bits per heavy atom. The third kappa shape index (κ3) is 3.91. The van der Waals surface area contributed by atoms with Crippen molar-refractivity contribution in [2.24, 2.45) is 0 Å². The zero-order chi connectivity index (χ0) is 26.6. The maximum absolute atomic E-state index is 9.74. The second-order valence-electron chi connectivity index (χ2n) is 10.8. The Hall–Kier alpha value is -4.40. The van der Waals surface area contributed by atoms with Gasteiger partial charge in [0.2, 0.25) is 6.79 Å². The van der Waals surface area contributed by atoms with Crippen LogP contribution < -0.4 is 19.3 Å². The van der Waals surface area contributed by atoms with Gasteiger partial charge in [0.25, 0.3) is 5.88 Å². The molecule has 4 saturated heterocycles. The summed E-state index contributed by atoms with van der Waals surface area (Å²) in [5.74, 6) is 2.30. The fourth-order valence-electron chi connectivity index (χ4n) is 6.40. The molecule has 0 aliphatic carbocycles. The minimum absolute atomic E-state index is 0.244. The molecule has 2 unspecified atom stereocenters. The first-order valence-corrected chi connectivity index (χ1v) is 13.7. The van der Waals surface area contributed by atoms with Crippen molar-refractivity contribution in [3.05, 3.63) is 60.2 Å². The molecule has 0 saturated carbocycles. The lowest BCUT2D eigenvalue weighted by Gasteiger charge is -2.56. The largest absolute Gasteiger partial charge is 0.452 e. The molecule has 5 aliphatic rings. The van der Waals surface area contributed by atoms with E-state index in [2.05, 4.69) is 49.1 Å². The summed E-state index contributed by atoms with van der Waals surface area (Å²) in [5, 5.41) is 14.2. The van der Waals surface area contributed by atoms with Crippen LogP contribution in [0.3, 0.4) is 0 Å². The zero-order valence-electron chi connectivity index (χ0n) is 21.9. The van der Waals surface area contributed by atoms with Gasteiger partial charge in [-0.1, -0.05) is 0 Å². The van der Waals surface area contributed by atoms with Crippen LogP contribution in [0, 0.1) is 11.3 Å². The SMILES string of the molecule is N#Cc1cnn2cc(N3CCOCC3)cc(-c3ccc(N4CC5CC(C4)N5Cc4cnc5c(c4)OCO5)nc3)c12. The summed E-state index contributed by atoms with van der Waals surface area (Å²) in [7, 11) is 0. The van der Waals surface area contributed by atoms with Gasteiger partial charge in [0, 0.05) is 68.3 Å². The molecule has 11 heteroatoms. The van der Waals surface area contributed by atoms with Gasteiger partial charge >= 0.3 is 0 Å². The molecule has 4 aromatic rings. The van der Waals surface area contributed by atoms with E-state index in [1.165, 1.54) is 6.42 Å². The van der Waals surface area contributed by atoms with Gasteiger partial charge in [-0.05, 0) is 36.2 Å². The first-order valence-electron chi connectivity index (χ1n) is 13.7. The number of pyridine rings is 3. The van der Waals surface area contributed by atoms with Gasteiger partial charge in [-0.25, -0.2) is 14.5 Å². The Labute approximate surface area is 231 Å². The predicted molar refractivity (Wildman–Crippen MR) is 146 cm³/mol. The lowest BCUT2D eigenvalue weighted by Crippen LogP contribution is -2.68. The van der Waals surface area contributed by atoms with E-state index in [9.17, 15) is 5.26 Å². The first kappa shape index (κ1) is 23.5. The quantitative estimate of drug-likeness (QED) is 0.378. The highest BCUT2D eigenvalue weighted by molar-refractivity contribution is 5.86. The maximum Gasteiger partial charge on any atom is 0.260 e. The number of morpholine rings is 1. The normalized spacial score (nSPS) is 21.9. The number of ether oxygens (including phenoxy) is 3. The van der Waals surface area contributed by atoms with E-state index >= 15 is 0 Å². The van der Waals surface area contributed by atoms with Crippen molar-refractivity contribution in [1.82, 2.24) is 24.5 Å². The molecule has 0 spiro atoms. The summed E-state index contributed by atoms with van der Waals surface area (Å²) in [6.07, 6.45) is 8.66. The van der Waals surface area contributed by atoms with Crippen LogP contribution >= 0.6 is 0 Å². The molecule has 0 N–H and O–H groups in total. The molecule has 4 fully saturated rings. The van der Waals surface area contributed by atoms with Gasteiger partial charge < -0.3 is 24.0 Å². The van der Waals surface area contributed by atoms with E-state index in [4.69, 9.17) is 19.2 Å². The van der Waals surface area contributed by atoms with Gasteiger partial charge in [-0.15, -0.1) is 0 Å². The van der Waals surface area contributed by atoms with Gasteiger partial charge in [0.1, 0.15) is 11.9 Å². The van der Waals surface area contributed by atoms with Crippen molar-refractivity contribution < 1.29 is 14.2 Å². The fourth-order valence-corrected chi connectivity index (χ4v) is 6.40. The summed E-state index contributed by atoms with van der Waals surface area (Å²) in [6.45, 7) is 6.05. The molecule has 0 radical (unpaired) electrons. The molecular weight excluding hydrogens is 508 g/mol. The van der Waals surface area contributed by atoms with E-state index in [1.807, 2.05) is 29.2 Å². The second-order valence-corrected chi connectivity index (χ2v) is 10.8. The number of hydrogen-bond donors (Lipinski definition) is 0. The van der Waals surface area contributed by atoms with Gasteiger partial charge in [0.05, 0.1) is 42.4 Å². The molecule has 0 amide bonds. The van der Waals surface area contributed by atoms with Gasteiger partial charge in [-0.3, -0.25) is 4.90 Å². The average molecular weight is 537 g/mol. The highest BCUT2D eigenvalue weighted by Gasteiger charge is 2.44. The van der Waals surface area contributed by atoms with Gasteiger partial charge in [0.15, 0.2) is 5.75 Å². The Balaban J connectivity index is 1.02. The van der Waals surface area contributed by atoms with Crippen LogP contribution in [0.25, 0.3) is 16.6 Å². The average Bonchev–Trinajstić information content (AvgIpc) is 3.66. The summed E-state index contributed by atoms with van der Waals surface area (Å²) in [4.78, 5) is 16.5. The Morgan fingerprint density at radius 1 is 0.975 bits per heavy atom. The van der Waals surface area contributed by atoms with Crippen molar-refractivity contribution in [2.45, 2.75) is 25.0 Å². The third-order valence-corrected chi connectivity index (χ3v) is 8.47. The number of rotatable bonds is 5. The first-order chi connectivity index (χ1) is 19.7. The second kappa shape index (κ2) is 9.36. The molecule has 4 aromatic heterocycles. The topological polar surface area (TPSA) is 104 Å². The number of anilines is 2. The molecule has 0 aromatic carbocycles. The monoisotopic (exact) mass is 536 g/mol. The number of fused-ring (bicyclic) bond motifs is 4. The van der Waals surface area contributed by atoms with Crippen LogP contribution in [0.2, 0.25) is 0 Å². The van der Waals surface area contributed by atoms with Gasteiger partial charge in [-0.2, -0.15) is 10.4 Å². The molecule has 2 bridgehead atoms. The highest BCUT2D eigenvalue weighted by atomic mass is 16.7. The van der Waals surface area contributed by atoms with E-state index in [0.29, 0.717) is 36.7 Å². The standard InChI is InChI=1S/C29H28N8O3/c30-10-21-13-33-37-17-22(34-3-5-38-6-4-34)9-25(28(21)37)20-1-2-27(31-12-20)35-15-23-8-24(16-35)36(23)14-19-7-26-29(32-11-19)40-18-39-26/h1-2,7,9,11-13,17,23-24H,3-6,8,14-16,18H2. The molecule has 2 atom stereocenters. The number of nitriles is 1. The fraction of sp³-hybridized carbons (Fsp3) is 0.379. The summed E-state index contributed by atoms with van der Waals surface area (Å²) < 4.78 is 18.2. The van der Waals surface area contributed by atoms with E-state index in [1.54, 1.807) is 6.20 Å². The van der Waals surface area contributed by atoms with E-state index in [-0.39, 0.29) is 6.79 Å². The third-order valence-electron chi connectivity index (χ3n) is 8.47. The number of piperazine rings is 1. The predicted octanol–water partition coefficient (Wildman–Crippen LogP) is 2.69. The van der Waals surface area contributed by atoms with Crippen LogP contribution in [0.15, 0.2) is 49.1 Å². The smallest absolute Gasteiger partial charge is 0.260 e. The van der Waals surface area contributed by atoms with Crippen molar-refractivity contribution in [2.75, 3.05) is 56.0 Å². The van der Waals surface area contributed by atoms with Crippen molar-refractivity contribution in [3.63, 3.8) is 0 Å². The molecular formula is C29H28N8O3. The highest BCUT2D eigenvalue weighted by Crippen LogP contribution is 2.38. The minimum atomic E-state index is 0.244. The number of aromatic nitrogens is 4. The lowest BCUT2D eigenvalue weighted by atomic mass is 9.87. The van der Waals surface area contributed by atoms with E-state index in [0.717, 1.165) is 72.2 Å². The zero-order valence-corrected chi connectivity index (χ0v) is 21.9. The van der Waals surface area contributed by atoms with Crippen molar-refractivity contribution in [1.29, 1.82) is 5.26 Å². The summed E-state index contributed by atoms with van der Waals surface area (Å²) in [5.41, 5.74) is 5.51. The molecule has 9 heterocycles. The Morgan fingerprint density at radius 2 is 1.85 bits per heavy atom. The minimum Gasteiger partial charge on any atom is -0.452 e. The Bertz CT molecular complexity index is 1610.